The highest BCUT2D eigenvalue weighted by molar-refractivity contribution is 7.22. The fourth-order valence-electron chi connectivity index (χ4n) is 2.42. The van der Waals surface area contributed by atoms with Gasteiger partial charge in [-0.05, 0) is 26.0 Å². The van der Waals surface area contributed by atoms with Gasteiger partial charge in [0, 0.05) is 25.0 Å². The van der Waals surface area contributed by atoms with Crippen molar-refractivity contribution in [2.24, 2.45) is 7.05 Å². The van der Waals surface area contributed by atoms with Crippen LogP contribution in [0.3, 0.4) is 0 Å². The Kier molecular flexibility index (Phi) is 3.49. The van der Waals surface area contributed by atoms with Gasteiger partial charge in [0.05, 0.1) is 10.4 Å². The van der Waals surface area contributed by atoms with Gasteiger partial charge in [0.2, 0.25) is 11.7 Å². The summed E-state index contributed by atoms with van der Waals surface area (Å²) in [5, 5.41) is 12.5. The Bertz CT molecular complexity index is 954. The molecule has 0 aliphatic carbocycles. The Morgan fingerprint density at radius 1 is 1.25 bits per heavy atom. The van der Waals surface area contributed by atoms with Crippen LogP contribution in [0.2, 0.25) is 0 Å². The van der Waals surface area contributed by atoms with Gasteiger partial charge in [0.15, 0.2) is 10.8 Å². The van der Waals surface area contributed by atoms with Crippen molar-refractivity contribution in [3.63, 3.8) is 0 Å². The second-order valence-corrected chi connectivity index (χ2v) is 6.44. The molecule has 4 aromatic heterocycles. The summed E-state index contributed by atoms with van der Waals surface area (Å²) in [7, 11) is 1.89. The van der Waals surface area contributed by atoms with Gasteiger partial charge in [-0.25, -0.2) is 9.67 Å². The standard InChI is InChI=1S/C15H15N7OS/c1-8-11-13(22(3)20-8)19-15(24-11)17-9(2)14-18-12(21-23-14)10-4-6-16-7-5-10/h4-7,9H,1-3H3,(H,17,19). The monoisotopic (exact) mass is 341 g/mol. The summed E-state index contributed by atoms with van der Waals surface area (Å²) in [5.74, 6) is 1.06. The minimum atomic E-state index is -0.151. The molecule has 9 heteroatoms. The summed E-state index contributed by atoms with van der Waals surface area (Å²) in [6.45, 7) is 3.94. The Balaban J connectivity index is 1.56. The second kappa shape index (κ2) is 5.68. The molecule has 0 radical (unpaired) electrons. The van der Waals surface area contributed by atoms with Gasteiger partial charge >= 0.3 is 0 Å². The third kappa shape index (κ3) is 2.52. The predicted molar refractivity (Wildman–Crippen MR) is 90.7 cm³/mol. The quantitative estimate of drug-likeness (QED) is 0.610. The first-order chi connectivity index (χ1) is 11.6. The predicted octanol–water partition coefficient (Wildman–Crippen LogP) is 2.96. The van der Waals surface area contributed by atoms with Gasteiger partial charge in [-0.15, -0.1) is 0 Å². The molecule has 1 unspecified atom stereocenters. The van der Waals surface area contributed by atoms with Crippen molar-refractivity contribution in [2.45, 2.75) is 19.9 Å². The molecule has 122 valence electrons. The van der Waals surface area contributed by atoms with Crippen LogP contribution in [0.25, 0.3) is 21.7 Å². The van der Waals surface area contributed by atoms with Crippen molar-refractivity contribution in [2.75, 3.05) is 5.32 Å². The number of thiazole rings is 1. The van der Waals surface area contributed by atoms with Gasteiger partial charge in [0.25, 0.3) is 0 Å². The van der Waals surface area contributed by atoms with Gasteiger partial charge in [0.1, 0.15) is 6.04 Å². The number of pyridine rings is 1. The van der Waals surface area contributed by atoms with Crippen LogP contribution < -0.4 is 5.32 Å². The van der Waals surface area contributed by atoms with E-state index in [0.29, 0.717) is 11.7 Å². The number of anilines is 1. The Morgan fingerprint density at radius 2 is 2.04 bits per heavy atom. The minimum Gasteiger partial charge on any atom is -0.350 e. The van der Waals surface area contributed by atoms with Gasteiger partial charge < -0.3 is 9.84 Å². The number of hydrogen-bond acceptors (Lipinski definition) is 8. The molecule has 0 amide bonds. The maximum Gasteiger partial charge on any atom is 0.249 e. The van der Waals surface area contributed by atoms with Crippen molar-refractivity contribution in [1.82, 2.24) is 29.9 Å². The molecule has 8 nitrogen and oxygen atoms in total. The normalized spacial score (nSPS) is 12.6. The van der Waals surface area contributed by atoms with E-state index in [4.69, 9.17) is 4.52 Å². The molecule has 4 heterocycles. The van der Waals surface area contributed by atoms with Crippen molar-refractivity contribution in [1.29, 1.82) is 0 Å². The molecule has 24 heavy (non-hydrogen) atoms. The average Bonchev–Trinajstić information content (AvgIpc) is 3.27. The first kappa shape index (κ1) is 14.8. The topological polar surface area (TPSA) is 94.6 Å². The first-order valence-electron chi connectivity index (χ1n) is 7.42. The van der Waals surface area contributed by atoms with Crippen LogP contribution in [0.1, 0.15) is 24.6 Å². The van der Waals surface area contributed by atoms with Crippen LogP contribution in [-0.4, -0.2) is 29.9 Å². The Morgan fingerprint density at radius 3 is 2.79 bits per heavy atom. The number of aromatic nitrogens is 6. The molecule has 0 saturated heterocycles. The summed E-state index contributed by atoms with van der Waals surface area (Å²) in [6.07, 6.45) is 3.40. The molecule has 4 rings (SSSR count). The molecule has 0 aliphatic rings. The highest BCUT2D eigenvalue weighted by Crippen LogP contribution is 2.30. The third-order valence-corrected chi connectivity index (χ3v) is 4.72. The number of fused-ring (bicyclic) bond motifs is 1. The van der Waals surface area contributed by atoms with E-state index in [1.165, 1.54) is 0 Å². The number of aryl methyl sites for hydroxylation is 2. The number of nitrogens with one attached hydrogen (secondary N) is 1. The zero-order valence-corrected chi connectivity index (χ0v) is 14.2. The van der Waals surface area contributed by atoms with Crippen molar-refractivity contribution in [3.8, 4) is 11.4 Å². The maximum absolute atomic E-state index is 5.37. The largest absolute Gasteiger partial charge is 0.350 e. The lowest BCUT2D eigenvalue weighted by atomic mass is 10.2. The van der Waals surface area contributed by atoms with Crippen molar-refractivity contribution in [3.05, 3.63) is 36.1 Å². The number of hydrogen-bond donors (Lipinski definition) is 1. The van der Waals surface area contributed by atoms with E-state index < -0.39 is 0 Å². The van der Waals surface area contributed by atoms with Crippen LogP contribution in [0, 0.1) is 6.92 Å². The van der Waals surface area contributed by atoms with Crippen molar-refractivity contribution < 1.29 is 4.52 Å². The van der Waals surface area contributed by atoms with E-state index in [9.17, 15) is 0 Å². The van der Waals surface area contributed by atoms with Gasteiger partial charge in [-0.3, -0.25) is 4.98 Å². The zero-order valence-electron chi connectivity index (χ0n) is 13.4. The summed E-state index contributed by atoms with van der Waals surface area (Å²) in [6, 6.07) is 3.54. The van der Waals surface area contributed by atoms with Crippen LogP contribution in [0.15, 0.2) is 29.0 Å². The highest BCUT2D eigenvalue weighted by atomic mass is 32.1. The maximum atomic E-state index is 5.37. The van der Waals surface area contributed by atoms with Crippen LogP contribution in [0.5, 0.6) is 0 Å². The van der Waals surface area contributed by atoms with E-state index >= 15 is 0 Å². The molecule has 1 atom stereocenters. The lowest BCUT2D eigenvalue weighted by Crippen LogP contribution is -2.07. The fraction of sp³-hybridized carbons (Fsp3) is 0.267. The molecule has 0 aromatic carbocycles. The third-order valence-electron chi connectivity index (χ3n) is 3.64. The van der Waals surface area contributed by atoms with Crippen molar-refractivity contribution >= 4 is 26.8 Å². The van der Waals surface area contributed by atoms with E-state index in [1.807, 2.05) is 33.0 Å². The average molecular weight is 341 g/mol. The molecule has 0 saturated carbocycles. The van der Waals surface area contributed by atoms with Crippen LogP contribution in [-0.2, 0) is 7.05 Å². The molecule has 0 bridgehead atoms. The Hall–Kier alpha value is -2.81. The smallest absolute Gasteiger partial charge is 0.249 e. The molecular formula is C15H15N7OS. The number of rotatable bonds is 4. The molecule has 0 fully saturated rings. The van der Waals surface area contributed by atoms with E-state index in [2.05, 4.69) is 30.5 Å². The van der Waals surface area contributed by atoms with E-state index in [1.54, 1.807) is 28.4 Å². The minimum absolute atomic E-state index is 0.151. The summed E-state index contributed by atoms with van der Waals surface area (Å²) >= 11 is 1.57. The molecule has 0 aliphatic heterocycles. The lowest BCUT2D eigenvalue weighted by Gasteiger charge is -2.07. The van der Waals surface area contributed by atoms with Gasteiger partial charge in [-0.1, -0.05) is 16.5 Å². The van der Waals surface area contributed by atoms with Crippen LogP contribution >= 0.6 is 11.3 Å². The van der Waals surface area contributed by atoms with E-state index in [-0.39, 0.29) is 6.04 Å². The van der Waals surface area contributed by atoms with Gasteiger partial charge in [-0.2, -0.15) is 10.1 Å². The SMILES string of the molecule is Cc1nn(C)c2nc(NC(C)c3nc(-c4ccncc4)no3)sc12. The van der Waals surface area contributed by atoms with E-state index in [0.717, 1.165) is 26.7 Å². The fourth-order valence-corrected chi connectivity index (χ4v) is 3.44. The lowest BCUT2D eigenvalue weighted by molar-refractivity contribution is 0.368. The first-order valence-corrected chi connectivity index (χ1v) is 8.24. The summed E-state index contributed by atoms with van der Waals surface area (Å²) < 4.78 is 8.23. The molecule has 1 N–H and O–H groups in total. The molecule has 4 aromatic rings. The summed E-state index contributed by atoms with van der Waals surface area (Å²) in [4.78, 5) is 13.0. The highest BCUT2D eigenvalue weighted by Gasteiger charge is 2.18. The molecule has 0 spiro atoms. The molecular weight excluding hydrogens is 326 g/mol. The Labute approximate surface area is 141 Å². The zero-order chi connectivity index (χ0) is 16.7. The van der Waals surface area contributed by atoms with Crippen LogP contribution in [0.4, 0.5) is 5.13 Å². The second-order valence-electron chi connectivity index (χ2n) is 5.44. The number of nitrogens with zero attached hydrogens (tertiary/aromatic N) is 6. The summed E-state index contributed by atoms with van der Waals surface area (Å²) in [5.41, 5.74) is 2.72.